The van der Waals surface area contributed by atoms with Crippen molar-refractivity contribution in [3.8, 4) is 0 Å². The summed E-state index contributed by atoms with van der Waals surface area (Å²) in [6, 6.07) is 9.64. The van der Waals surface area contributed by atoms with Crippen LogP contribution in [0, 0.1) is 5.92 Å². The number of rotatable bonds is 6. The highest BCUT2D eigenvalue weighted by Gasteiger charge is 2.30. The number of hydrogen-bond acceptors (Lipinski definition) is 3. The first-order valence-corrected chi connectivity index (χ1v) is 8.19. The predicted octanol–water partition coefficient (Wildman–Crippen LogP) is 1.23. The Morgan fingerprint density at radius 3 is 2.54 bits per heavy atom. The summed E-state index contributed by atoms with van der Waals surface area (Å²) in [5.41, 5.74) is 12.2. The van der Waals surface area contributed by atoms with Crippen LogP contribution in [0.2, 0.25) is 0 Å². The van der Waals surface area contributed by atoms with Crippen molar-refractivity contribution < 1.29 is 9.59 Å². The van der Waals surface area contributed by atoms with E-state index in [0.717, 1.165) is 19.3 Å². The molecule has 1 aromatic carbocycles. The highest BCUT2D eigenvalue weighted by atomic mass is 35.5. The van der Waals surface area contributed by atoms with Gasteiger partial charge in [-0.25, -0.2) is 4.79 Å². The fourth-order valence-electron chi connectivity index (χ4n) is 3.03. The summed E-state index contributed by atoms with van der Waals surface area (Å²) in [7, 11) is 0. The van der Waals surface area contributed by atoms with Crippen LogP contribution in [0.1, 0.15) is 18.4 Å². The SMILES string of the molecule is Cl.NCCN(CCc1ccccc1)C(=O)C1CCCN(C(N)=O)C1. The molecule has 1 fully saturated rings. The van der Waals surface area contributed by atoms with Gasteiger partial charge in [-0.2, -0.15) is 0 Å². The lowest BCUT2D eigenvalue weighted by atomic mass is 9.96. The van der Waals surface area contributed by atoms with Crippen LogP contribution in [0.3, 0.4) is 0 Å². The molecular formula is C17H27ClN4O2. The van der Waals surface area contributed by atoms with Crippen molar-refractivity contribution >= 4 is 24.3 Å². The van der Waals surface area contributed by atoms with E-state index in [1.165, 1.54) is 5.56 Å². The van der Waals surface area contributed by atoms with Gasteiger partial charge >= 0.3 is 6.03 Å². The third kappa shape index (κ3) is 5.69. The molecule has 7 heteroatoms. The van der Waals surface area contributed by atoms with E-state index < -0.39 is 6.03 Å². The summed E-state index contributed by atoms with van der Waals surface area (Å²) >= 11 is 0. The number of amides is 3. The second-order valence-corrected chi connectivity index (χ2v) is 5.97. The van der Waals surface area contributed by atoms with Crippen LogP contribution in [0.15, 0.2) is 30.3 Å². The molecule has 0 radical (unpaired) electrons. The Labute approximate surface area is 149 Å². The van der Waals surface area contributed by atoms with Gasteiger partial charge in [0, 0.05) is 32.7 Å². The molecule has 3 amide bonds. The number of carbonyl (C=O) groups excluding carboxylic acids is 2. The van der Waals surface area contributed by atoms with Crippen molar-refractivity contribution in [1.82, 2.24) is 9.80 Å². The summed E-state index contributed by atoms with van der Waals surface area (Å²) < 4.78 is 0. The maximum Gasteiger partial charge on any atom is 0.314 e. The quantitative estimate of drug-likeness (QED) is 0.804. The van der Waals surface area contributed by atoms with Gasteiger partial charge in [-0.15, -0.1) is 12.4 Å². The highest BCUT2D eigenvalue weighted by Crippen LogP contribution is 2.19. The minimum Gasteiger partial charge on any atom is -0.351 e. The average Bonchev–Trinajstić information content (AvgIpc) is 2.59. The summed E-state index contributed by atoms with van der Waals surface area (Å²) in [6.45, 7) is 2.68. The van der Waals surface area contributed by atoms with Gasteiger partial charge in [-0.1, -0.05) is 30.3 Å². The van der Waals surface area contributed by atoms with E-state index in [2.05, 4.69) is 12.1 Å². The first-order chi connectivity index (χ1) is 11.1. The summed E-state index contributed by atoms with van der Waals surface area (Å²) in [5, 5.41) is 0. The molecule has 1 heterocycles. The molecule has 1 saturated heterocycles. The third-order valence-corrected chi connectivity index (χ3v) is 4.31. The highest BCUT2D eigenvalue weighted by molar-refractivity contribution is 5.85. The molecule has 1 aliphatic heterocycles. The molecule has 1 unspecified atom stereocenters. The number of benzene rings is 1. The molecule has 6 nitrogen and oxygen atoms in total. The topological polar surface area (TPSA) is 92.7 Å². The summed E-state index contributed by atoms with van der Waals surface area (Å²) in [6.07, 6.45) is 2.42. The zero-order chi connectivity index (χ0) is 16.7. The second kappa shape index (κ2) is 10.2. The molecular weight excluding hydrogens is 328 g/mol. The number of piperidine rings is 1. The van der Waals surface area contributed by atoms with Crippen LogP contribution in [-0.2, 0) is 11.2 Å². The number of likely N-dealkylation sites (tertiary alicyclic amines) is 1. The van der Waals surface area contributed by atoms with Crippen LogP contribution in [-0.4, -0.2) is 54.5 Å². The molecule has 0 aliphatic carbocycles. The van der Waals surface area contributed by atoms with Gasteiger partial charge in [0.1, 0.15) is 0 Å². The normalized spacial score (nSPS) is 17.0. The van der Waals surface area contributed by atoms with Gasteiger partial charge in [0.2, 0.25) is 5.91 Å². The Morgan fingerprint density at radius 2 is 1.92 bits per heavy atom. The zero-order valence-corrected chi connectivity index (χ0v) is 14.7. The van der Waals surface area contributed by atoms with Crippen molar-refractivity contribution in [3.05, 3.63) is 35.9 Å². The summed E-state index contributed by atoms with van der Waals surface area (Å²) in [4.78, 5) is 27.5. The second-order valence-electron chi connectivity index (χ2n) is 5.97. The predicted molar refractivity (Wildman–Crippen MR) is 96.9 cm³/mol. The number of hydrogen-bond donors (Lipinski definition) is 2. The average molecular weight is 355 g/mol. The van der Waals surface area contributed by atoms with Crippen LogP contribution < -0.4 is 11.5 Å². The first-order valence-electron chi connectivity index (χ1n) is 8.19. The number of carbonyl (C=O) groups is 2. The number of nitrogens with two attached hydrogens (primary N) is 2. The molecule has 1 aliphatic rings. The van der Waals surface area contributed by atoms with Crippen molar-refractivity contribution in [2.75, 3.05) is 32.7 Å². The molecule has 0 spiro atoms. The largest absolute Gasteiger partial charge is 0.351 e. The van der Waals surface area contributed by atoms with E-state index in [1.54, 1.807) is 4.90 Å². The lowest BCUT2D eigenvalue weighted by Crippen LogP contribution is -2.49. The van der Waals surface area contributed by atoms with Crippen molar-refractivity contribution in [2.45, 2.75) is 19.3 Å². The molecule has 1 atom stereocenters. The lowest BCUT2D eigenvalue weighted by molar-refractivity contribution is -0.136. The van der Waals surface area contributed by atoms with Gasteiger partial charge in [-0.05, 0) is 24.8 Å². The monoisotopic (exact) mass is 354 g/mol. The fourth-order valence-corrected chi connectivity index (χ4v) is 3.03. The van der Waals surface area contributed by atoms with E-state index >= 15 is 0 Å². The number of primary amides is 1. The summed E-state index contributed by atoms with van der Waals surface area (Å²) in [5.74, 6) is -0.0871. The molecule has 0 bridgehead atoms. The maximum atomic E-state index is 12.8. The Hall–Kier alpha value is -1.79. The third-order valence-electron chi connectivity index (χ3n) is 4.31. The number of halogens is 1. The van der Waals surface area contributed by atoms with Gasteiger partial charge < -0.3 is 21.3 Å². The Morgan fingerprint density at radius 1 is 1.21 bits per heavy atom. The van der Waals surface area contributed by atoms with Gasteiger partial charge in [-0.3, -0.25) is 4.79 Å². The van der Waals surface area contributed by atoms with E-state index in [-0.39, 0.29) is 24.2 Å². The van der Waals surface area contributed by atoms with Gasteiger partial charge in [0.15, 0.2) is 0 Å². The van der Waals surface area contributed by atoms with E-state index in [4.69, 9.17) is 11.5 Å². The first kappa shape index (κ1) is 20.3. The minimum absolute atomic E-state index is 0. The van der Waals surface area contributed by atoms with Crippen LogP contribution in [0.5, 0.6) is 0 Å². The molecule has 0 aromatic heterocycles. The smallest absolute Gasteiger partial charge is 0.314 e. The van der Waals surface area contributed by atoms with Crippen molar-refractivity contribution in [3.63, 3.8) is 0 Å². The van der Waals surface area contributed by atoms with E-state index in [0.29, 0.717) is 32.7 Å². The minimum atomic E-state index is -0.447. The van der Waals surface area contributed by atoms with Crippen LogP contribution in [0.4, 0.5) is 4.79 Å². The molecule has 4 N–H and O–H groups in total. The number of urea groups is 1. The van der Waals surface area contributed by atoms with Gasteiger partial charge in [0.05, 0.1) is 5.92 Å². The molecule has 24 heavy (non-hydrogen) atoms. The van der Waals surface area contributed by atoms with Crippen molar-refractivity contribution in [1.29, 1.82) is 0 Å². The molecule has 2 rings (SSSR count). The van der Waals surface area contributed by atoms with Crippen molar-refractivity contribution in [2.24, 2.45) is 17.4 Å². The lowest BCUT2D eigenvalue weighted by Gasteiger charge is -2.34. The Bertz CT molecular complexity index is 527. The van der Waals surface area contributed by atoms with E-state index in [1.807, 2.05) is 23.1 Å². The molecule has 0 saturated carbocycles. The standard InChI is InChI=1S/C17H26N4O2.ClH/c18-9-12-20(11-8-14-5-2-1-3-6-14)16(22)15-7-4-10-21(13-15)17(19)23;/h1-3,5-6,15H,4,7-13,18H2,(H2,19,23);1H. The molecule has 1 aromatic rings. The van der Waals surface area contributed by atoms with E-state index in [9.17, 15) is 9.59 Å². The fraction of sp³-hybridized carbons (Fsp3) is 0.529. The molecule has 134 valence electrons. The maximum absolute atomic E-state index is 12.8. The number of nitrogens with zero attached hydrogens (tertiary/aromatic N) is 2. The Kier molecular flexibility index (Phi) is 8.57. The Balaban J connectivity index is 0.00000288. The zero-order valence-electron chi connectivity index (χ0n) is 13.9. The van der Waals surface area contributed by atoms with Crippen LogP contribution in [0.25, 0.3) is 0 Å². The van der Waals surface area contributed by atoms with Gasteiger partial charge in [0.25, 0.3) is 0 Å². The van der Waals surface area contributed by atoms with Crippen LogP contribution >= 0.6 is 12.4 Å².